The first-order valence-corrected chi connectivity index (χ1v) is 9.36. The summed E-state index contributed by atoms with van der Waals surface area (Å²) in [5.74, 6) is -0.305. The van der Waals surface area contributed by atoms with Crippen LogP contribution in [0.15, 0.2) is 34.3 Å². The van der Waals surface area contributed by atoms with Gasteiger partial charge in [0.1, 0.15) is 11.0 Å². The van der Waals surface area contributed by atoms with Crippen molar-refractivity contribution >= 4 is 34.7 Å². The van der Waals surface area contributed by atoms with Crippen molar-refractivity contribution in [1.82, 2.24) is 25.1 Å². The van der Waals surface area contributed by atoms with Crippen LogP contribution in [-0.2, 0) is 7.05 Å². The molecule has 0 unspecified atom stereocenters. The molecule has 0 saturated heterocycles. The van der Waals surface area contributed by atoms with Gasteiger partial charge < -0.3 is 15.2 Å². The van der Waals surface area contributed by atoms with E-state index in [0.717, 1.165) is 11.9 Å². The van der Waals surface area contributed by atoms with Gasteiger partial charge in [0.2, 0.25) is 5.43 Å². The van der Waals surface area contributed by atoms with Crippen LogP contribution in [0.5, 0.6) is 0 Å². The summed E-state index contributed by atoms with van der Waals surface area (Å²) in [5.41, 5.74) is 2.30. The second-order valence-corrected chi connectivity index (χ2v) is 7.33. The lowest BCUT2D eigenvalue weighted by Crippen LogP contribution is -2.20. The fourth-order valence-corrected chi connectivity index (χ4v) is 3.50. The predicted molar refractivity (Wildman–Crippen MR) is 116 cm³/mol. The van der Waals surface area contributed by atoms with Crippen LogP contribution >= 0.6 is 11.6 Å². The lowest BCUT2D eigenvalue weighted by atomic mass is 10.1. The summed E-state index contributed by atoms with van der Waals surface area (Å²) in [6, 6.07) is 3.16. The highest BCUT2D eigenvalue weighted by molar-refractivity contribution is 6.29. The molecule has 30 heavy (non-hydrogen) atoms. The third kappa shape index (κ3) is 3.26. The van der Waals surface area contributed by atoms with Gasteiger partial charge in [-0.3, -0.25) is 14.3 Å². The summed E-state index contributed by atoms with van der Waals surface area (Å²) in [4.78, 5) is 39.3. The molecule has 154 valence electrons. The number of aromatic amines is 1. The van der Waals surface area contributed by atoms with Gasteiger partial charge in [0, 0.05) is 49.3 Å². The zero-order valence-corrected chi connectivity index (χ0v) is 17.2. The zero-order chi connectivity index (χ0) is 24.1. The average molecular weight is 429 g/mol. The van der Waals surface area contributed by atoms with Gasteiger partial charge in [-0.1, -0.05) is 11.6 Å². The summed E-state index contributed by atoms with van der Waals surface area (Å²) in [7, 11) is 3.59. The number of hydrogen-bond acceptors (Lipinski definition) is 6. The Morgan fingerprint density at radius 3 is 2.90 bits per heavy atom. The van der Waals surface area contributed by atoms with Gasteiger partial charge in [0.25, 0.3) is 5.91 Å². The molecule has 1 aliphatic rings. The number of amides is 1. The maximum absolute atomic E-state index is 13.4. The Labute approximate surface area is 181 Å². The number of rotatable bonds is 3. The molecule has 0 saturated carbocycles. The van der Waals surface area contributed by atoms with Gasteiger partial charge in [0.15, 0.2) is 0 Å². The molecule has 2 N–H and O–H groups in total. The van der Waals surface area contributed by atoms with E-state index >= 15 is 0 Å². The molecule has 10 heteroatoms. The van der Waals surface area contributed by atoms with Gasteiger partial charge in [-0.05, 0) is 13.0 Å². The number of aliphatic imine (C=N–C) groups is 1. The highest BCUT2D eigenvalue weighted by Gasteiger charge is 2.29. The number of H-pyrrole nitrogens is 1. The normalized spacial score (nSPS) is 16.2. The van der Waals surface area contributed by atoms with Crippen LogP contribution in [0.25, 0.3) is 11.3 Å². The third-order valence-corrected chi connectivity index (χ3v) is 5.18. The van der Waals surface area contributed by atoms with Crippen molar-refractivity contribution in [1.29, 1.82) is 0 Å². The minimum atomic E-state index is -2.69. The van der Waals surface area contributed by atoms with E-state index < -0.39 is 12.9 Å². The smallest absolute Gasteiger partial charge is 0.254 e. The van der Waals surface area contributed by atoms with E-state index in [2.05, 4.69) is 20.1 Å². The Bertz CT molecular complexity index is 1340. The highest BCUT2D eigenvalue weighted by atomic mass is 35.5. The number of aryl methyl sites for hydroxylation is 2. The first-order chi connectivity index (χ1) is 15.4. The van der Waals surface area contributed by atoms with Crippen molar-refractivity contribution in [2.45, 2.75) is 6.92 Å². The molecule has 4 heterocycles. The molecular formula is C20H20ClN7O2. The fourth-order valence-electron chi connectivity index (χ4n) is 3.35. The molecule has 3 aromatic rings. The van der Waals surface area contributed by atoms with E-state index in [1.165, 1.54) is 6.07 Å². The number of carbonyl (C=O) groups excluding carboxylic acids is 1. The second kappa shape index (κ2) is 7.42. The molecule has 0 spiro atoms. The van der Waals surface area contributed by atoms with Crippen LogP contribution in [-0.4, -0.2) is 51.9 Å². The monoisotopic (exact) mass is 428 g/mol. The molecular weight excluding hydrogens is 406 g/mol. The maximum atomic E-state index is 13.4. The molecule has 3 aromatic heterocycles. The largest absolute Gasteiger partial charge is 0.355 e. The van der Waals surface area contributed by atoms with E-state index in [1.807, 2.05) is 23.2 Å². The molecule has 1 amide bonds. The molecule has 0 aromatic carbocycles. The lowest BCUT2D eigenvalue weighted by molar-refractivity contribution is 0.0963. The van der Waals surface area contributed by atoms with Crippen molar-refractivity contribution in [3.8, 4) is 11.3 Å². The molecule has 0 aliphatic carbocycles. The topological polar surface area (TPSA) is 108 Å². The Morgan fingerprint density at radius 2 is 2.20 bits per heavy atom. The number of aromatic nitrogens is 4. The molecule has 0 fully saturated rings. The lowest BCUT2D eigenvalue weighted by Gasteiger charge is -2.10. The summed E-state index contributed by atoms with van der Waals surface area (Å²) >= 11 is 6.01. The number of anilines is 1. The number of halogens is 1. The number of pyridine rings is 2. The van der Waals surface area contributed by atoms with Gasteiger partial charge in [-0.25, -0.2) is 9.98 Å². The van der Waals surface area contributed by atoms with Gasteiger partial charge >= 0.3 is 0 Å². The summed E-state index contributed by atoms with van der Waals surface area (Å²) < 4.78 is 23.5. The quantitative estimate of drug-likeness (QED) is 0.621. The average Bonchev–Trinajstić information content (AvgIpc) is 3.20. The van der Waals surface area contributed by atoms with Crippen molar-refractivity contribution in [3.63, 3.8) is 0 Å². The van der Waals surface area contributed by atoms with Crippen molar-refractivity contribution < 1.29 is 8.91 Å². The van der Waals surface area contributed by atoms with E-state index in [4.69, 9.17) is 15.7 Å². The molecule has 0 bridgehead atoms. The van der Waals surface area contributed by atoms with E-state index in [0.29, 0.717) is 28.4 Å². The Balaban J connectivity index is 1.85. The van der Waals surface area contributed by atoms with Crippen LogP contribution < -0.4 is 15.6 Å². The minimum Gasteiger partial charge on any atom is -0.355 e. The van der Waals surface area contributed by atoms with Crippen molar-refractivity contribution in [2.75, 3.05) is 25.5 Å². The van der Waals surface area contributed by atoms with Crippen molar-refractivity contribution in [3.05, 3.63) is 56.7 Å². The van der Waals surface area contributed by atoms with E-state index in [-0.39, 0.29) is 28.4 Å². The van der Waals surface area contributed by atoms with Crippen molar-refractivity contribution in [2.24, 2.45) is 12.0 Å². The third-order valence-electron chi connectivity index (χ3n) is 4.97. The van der Waals surface area contributed by atoms with Crippen LogP contribution in [0, 0.1) is 6.92 Å². The number of fused-ring (bicyclic) bond motifs is 1. The number of likely N-dealkylation sites (N-methyl/N-ethyl adjacent to an activating group) is 1. The predicted octanol–water partition coefficient (Wildman–Crippen LogP) is 2.06. The van der Waals surface area contributed by atoms with Gasteiger partial charge in [-0.15, -0.1) is 0 Å². The highest BCUT2D eigenvalue weighted by Crippen LogP contribution is 2.29. The summed E-state index contributed by atoms with van der Waals surface area (Å²) in [6.07, 6.45) is 2.76. The summed E-state index contributed by atoms with van der Waals surface area (Å²) in [5, 5.41) is 6.37. The maximum Gasteiger partial charge on any atom is 0.254 e. The van der Waals surface area contributed by atoms with Crippen LogP contribution in [0.4, 0.5) is 11.5 Å². The Hall–Kier alpha value is -3.46. The number of carbonyl (C=O) groups is 1. The molecule has 0 radical (unpaired) electrons. The SMILES string of the molecule is [2H]C([2H])([2H])NC(=O)c1cnc(Cl)cc1N=C1CN(C)c2[nH]cc(-c3cc(C)n(C)n3)c(=O)c21. The molecule has 0 atom stereocenters. The summed E-state index contributed by atoms with van der Waals surface area (Å²) in [6.45, 7) is -0.516. The molecule has 1 aliphatic heterocycles. The number of hydrogen-bond donors (Lipinski definition) is 2. The minimum absolute atomic E-state index is 0.0676. The van der Waals surface area contributed by atoms with Crippen LogP contribution in [0.1, 0.15) is 25.7 Å². The number of nitrogens with one attached hydrogen (secondary N) is 2. The van der Waals surface area contributed by atoms with E-state index in [1.54, 1.807) is 25.0 Å². The first kappa shape index (κ1) is 16.3. The number of nitrogens with zero attached hydrogens (tertiary/aromatic N) is 5. The molecule has 9 nitrogen and oxygen atoms in total. The van der Waals surface area contributed by atoms with E-state index in [9.17, 15) is 9.59 Å². The zero-order valence-electron chi connectivity index (χ0n) is 19.4. The van der Waals surface area contributed by atoms with Crippen LogP contribution in [0.2, 0.25) is 5.15 Å². The molecule has 4 rings (SSSR count). The standard InChI is InChI=1S/C20H20ClN7O2/c1-10-5-14(26-28(10)4)11-7-24-19-17(18(11)29)15(9-27(19)3)25-13-6-16(21)23-8-12(13)20(30)22-2/h5-8H,9H2,1-4H3,(H,22,30)(H,24,29)/i2D3. The fraction of sp³-hybridized carbons (Fsp3) is 0.250. The second-order valence-electron chi connectivity index (χ2n) is 6.94. The van der Waals surface area contributed by atoms with Gasteiger partial charge in [-0.2, -0.15) is 5.10 Å². The first-order valence-electron chi connectivity index (χ1n) is 10.5. The van der Waals surface area contributed by atoms with Crippen LogP contribution in [0.3, 0.4) is 0 Å². The van der Waals surface area contributed by atoms with Gasteiger partial charge in [0.05, 0.1) is 40.3 Å². The Morgan fingerprint density at radius 1 is 1.40 bits per heavy atom. The Kier molecular flexibility index (Phi) is 4.04.